The highest BCUT2D eigenvalue weighted by Gasteiger charge is 2.11. The Bertz CT molecular complexity index is 1020. The molecule has 0 aliphatic rings. The Labute approximate surface area is 143 Å². The van der Waals surface area contributed by atoms with E-state index in [1.165, 1.54) is 0 Å². The standard InChI is InChI=1S/C18H12ClN5/c19-15-9-6-12(10-21-15)13-7-8-14-17(22-13)16(24-18(20)23-14)11-4-2-1-3-5-11/h1-10H,(H2,20,23,24). The molecule has 116 valence electrons. The molecule has 4 aromatic rings. The number of nitrogens with zero attached hydrogens (tertiary/aromatic N) is 4. The minimum absolute atomic E-state index is 0.226. The number of aromatic nitrogens is 4. The summed E-state index contributed by atoms with van der Waals surface area (Å²) in [6.07, 6.45) is 1.69. The zero-order chi connectivity index (χ0) is 16.5. The quantitative estimate of drug-likeness (QED) is 0.561. The Kier molecular flexibility index (Phi) is 3.55. The van der Waals surface area contributed by atoms with Crippen LogP contribution in [-0.2, 0) is 0 Å². The van der Waals surface area contributed by atoms with Crippen molar-refractivity contribution in [1.82, 2.24) is 19.9 Å². The third kappa shape index (κ3) is 2.66. The number of hydrogen-bond donors (Lipinski definition) is 1. The number of halogens is 1. The van der Waals surface area contributed by atoms with Crippen LogP contribution < -0.4 is 5.73 Å². The van der Waals surface area contributed by atoms with Crippen LogP contribution >= 0.6 is 11.6 Å². The average Bonchev–Trinajstić information content (AvgIpc) is 2.62. The van der Waals surface area contributed by atoms with E-state index in [9.17, 15) is 0 Å². The number of nitrogens with two attached hydrogens (primary N) is 1. The minimum atomic E-state index is 0.226. The van der Waals surface area contributed by atoms with Gasteiger partial charge in [-0.25, -0.2) is 19.9 Å². The van der Waals surface area contributed by atoms with E-state index in [1.807, 2.05) is 48.5 Å². The topological polar surface area (TPSA) is 77.6 Å². The van der Waals surface area contributed by atoms with Gasteiger partial charge in [0.05, 0.1) is 11.2 Å². The van der Waals surface area contributed by atoms with Gasteiger partial charge in [0.15, 0.2) is 0 Å². The van der Waals surface area contributed by atoms with Gasteiger partial charge >= 0.3 is 0 Å². The fraction of sp³-hybridized carbons (Fsp3) is 0. The van der Waals surface area contributed by atoms with Gasteiger partial charge in [0.25, 0.3) is 0 Å². The molecule has 0 radical (unpaired) electrons. The number of pyridine rings is 2. The lowest BCUT2D eigenvalue weighted by molar-refractivity contribution is 1.21. The second kappa shape index (κ2) is 5.86. The molecule has 6 heteroatoms. The van der Waals surface area contributed by atoms with Crippen molar-refractivity contribution in [2.45, 2.75) is 0 Å². The molecule has 0 aliphatic heterocycles. The van der Waals surface area contributed by atoms with Crippen molar-refractivity contribution in [1.29, 1.82) is 0 Å². The molecule has 0 aliphatic carbocycles. The fourth-order valence-electron chi connectivity index (χ4n) is 2.52. The van der Waals surface area contributed by atoms with Crippen LogP contribution in [0.3, 0.4) is 0 Å². The lowest BCUT2D eigenvalue weighted by Gasteiger charge is -2.08. The van der Waals surface area contributed by atoms with Gasteiger partial charge in [0.1, 0.15) is 16.4 Å². The van der Waals surface area contributed by atoms with E-state index in [2.05, 4.69) is 15.0 Å². The summed E-state index contributed by atoms with van der Waals surface area (Å²) < 4.78 is 0. The van der Waals surface area contributed by atoms with Gasteiger partial charge in [-0.2, -0.15) is 0 Å². The van der Waals surface area contributed by atoms with Crippen LogP contribution in [0.4, 0.5) is 5.95 Å². The van der Waals surface area contributed by atoms with Gasteiger partial charge in [0, 0.05) is 17.3 Å². The lowest BCUT2D eigenvalue weighted by Crippen LogP contribution is -2.00. The zero-order valence-corrected chi connectivity index (χ0v) is 13.3. The highest BCUT2D eigenvalue weighted by Crippen LogP contribution is 2.28. The number of hydrogen-bond acceptors (Lipinski definition) is 5. The van der Waals surface area contributed by atoms with Crippen molar-refractivity contribution in [2.75, 3.05) is 5.73 Å². The summed E-state index contributed by atoms with van der Waals surface area (Å²) in [4.78, 5) is 17.5. The van der Waals surface area contributed by atoms with Gasteiger partial charge in [-0.05, 0) is 24.3 Å². The number of fused-ring (bicyclic) bond motifs is 1. The van der Waals surface area contributed by atoms with Crippen molar-refractivity contribution in [3.63, 3.8) is 0 Å². The predicted molar refractivity (Wildman–Crippen MR) is 95.4 cm³/mol. The van der Waals surface area contributed by atoms with Gasteiger partial charge in [-0.15, -0.1) is 0 Å². The Morgan fingerprint density at radius 2 is 1.62 bits per heavy atom. The van der Waals surface area contributed by atoms with Crippen molar-refractivity contribution in [3.05, 3.63) is 65.9 Å². The van der Waals surface area contributed by atoms with Crippen LogP contribution in [0, 0.1) is 0 Å². The molecule has 0 bridgehead atoms. The van der Waals surface area contributed by atoms with Gasteiger partial charge in [-0.1, -0.05) is 41.9 Å². The second-order valence-corrected chi connectivity index (χ2v) is 5.62. The number of nitrogen functional groups attached to an aromatic ring is 1. The van der Waals surface area contributed by atoms with Crippen LogP contribution in [0.25, 0.3) is 33.5 Å². The van der Waals surface area contributed by atoms with E-state index in [-0.39, 0.29) is 5.95 Å². The first-order valence-electron chi connectivity index (χ1n) is 7.32. The first-order chi connectivity index (χ1) is 11.7. The SMILES string of the molecule is Nc1nc(-c2ccccc2)c2nc(-c3ccc(Cl)nc3)ccc2n1. The fourth-order valence-corrected chi connectivity index (χ4v) is 2.63. The maximum atomic E-state index is 5.85. The lowest BCUT2D eigenvalue weighted by atomic mass is 10.1. The molecule has 0 fully saturated rings. The highest BCUT2D eigenvalue weighted by molar-refractivity contribution is 6.29. The molecule has 3 aromatic heterocycles. The summed E-state index contributed by atoms with van der Waals surface area (Å²) in [5.41, 5.74) is 10.5. The summed E-state index contributed by atoms with van der Waals surface area (Å²) in [5.74, 6) is 0.226. The molecule has 0 spiro atoms. The van der Waals surface area contributed by atoms with Crippen LogP contribution in [0.5, 0.6) is 0 Å². The molecule has 2 N–H and O–H groups in total. The van der Waals surface area contributed by atoms with Crippen molar-refractivity contribution in [3.8, 4) is 22.5 Å². The first-order valence-corrected chi connectivity index (χ1v) is 7.70. The molecule has 4 rings (SSSR count). The molecule has 3 heterocycles. The predicted octanol–water partition coefficient (Wildman–Crippen LogP) is 3.99. The minimum Gasteiger partial charge on any atom is -0.368 e. The third-order valence-corrected chi connectivity index (χ3v) is 3.85. The summed E-state index contributed by atoms with van der Waals surface area (Å²) in [7, 11) is 0. The van der Waals surface area contributed by atoms with E-state index in [4.69, 9.17) is 22.3 Å². The Balaban J connectivity index is 1.95. The average molecular weight is 334 g/mol. The van der Waals surface area contributed by atoms with E-state index in [0.29, 0.717) is 21.9 Å². The summed E-state index contributed by atoms with van der Waals surface area (Å²) in [6.45, 7) is 0. The van der Waals surface area contributed by atoms with E-state index < -0.39 is 0 Å². The van der Waals surface area contributed by atoms with E-state index >= 15 is 0 Å². The smallest absolute Gasteiger partial charge is 0.221 e. The zero-order valence-electron chi connectivity index (χ0n) is 12.5. The van der Waals surface area contributed by atoms with Crippen LogP contribution in [0.2, 0.25) is 5.15 Å². The molecule has 0 saturated heterocycles. The number of anilines is 1. The highest BCUT2D eigenvalue weighted by atomic mass is 35.5. The van der Waals surface area contributed by atoms with Gasteiger partial charge in [0.2, 0.25) is 5.95 Å². The molecule has 0 atom stereocenters. The van der Waals surface area contributed by atoms with Crippen LogP contribution in [0.1, 0.15) is 0 Å². The molecular formula is C18H12ClN5. The van der Waals surface area contributed by atoms with Gasteiger partial charge in [-0.3, -0.25) is 0 Å². The molecule has 0 amide bonds. The molecule has 0 unspecified atom stereocenters. The molecule has 0 saturated carbocycles. The number of rotatable bonds is 2. The molecule has 1 aromatic carbocycles. The van der Waals surface area contributed by atoms with E-state index in [1.54, 1.807) is 12.3 Å². The summed E-state index contributed by atoms with van der Waals surface area (Å²) >= 11 is 5.85. The summed E-state index contributed by atoms with van der Waals surface area (Å²) in [5, 5.41) is 0.445. The maximum Gasteiger partial charge on any atom is 0.221 e. The van der Waals surface area contributed by atoms with Crippen LogP contribution in [-0.4, -0.2) is 19.9 Å². The normalized spacial score (nSPS) is 10.9. The third-order valence-electron chi connectivity index (χ3n) is 3.63. The van der Waals surface area contributed by atoms with Crippen molar-refractivity contribution < 1.29 is 0 Å². The largest absolute Gasteiger partial charge is 0.368 e. The van der Waals surface area contributed by atoms with Crippen molar-refractivity contribution >= 4 is 28.6 Å². The maximum absolute atomic E-state index is 5.85. The van der Waals surface area contributed by atoms with Crippen molar-refractivity contribution in [2.24, 2.45) is 0 Å². The molecule has 5 nitrogen and oxygen atoms in total. The summed E-state index contributed by atoms with van der Waals surface area (Å²) in [6, 6.07) is 17.2. The van der Waals surface area contributed by atoms with E-state index in [0.717, 1.165) is 16.8 Å². The second-order valence-electron chi connectivity index (χ2n) is 5.23. The van der Waals surface area contributed by atoms with Gasteiger partial charge < -0.3 is 5.73 Å². The Hall–Kier alpha value is -3.05. The first kappa shape index (κ1) is 14.5. The monoisotopic (exact) mass is 333 g/mol. The molecule has 24 heavy (non-hydrogen) atoms. The van der Waals surface area contributed by atoms with Crippen LogP contribution in [0.15, 0.2) is 60.8 Å². The Morgan fingerprint density at radius 1 is 0.792 bits per heavy atom. The molecular weight excluding hydrogens is 322 g/mol. The number of benzene rings is 1. The Morgan fingerprint density at radius 3 is 2.38 bits per heavy atom.